The Kier molecular flexibility index (Phi) is 5.60. The van der Waals surface area contributed by atoms with Crippen LogP contribution in [0.5, 0.6) is 23.0 Å². The van der Waals surface area contributed by atoms with Crippen LogP contribution in [0.15, 0.2) is 24.3 Å². The molecular formula is C22H16N2O11. The number of nitrogens with zero attached hydrogens (tertiary/aromatic N) is 2. The molecular weight excluding hydrogens is 468 g/mol. The highest BCUT2D eigenvalue weighted by molar-refractivity contribution is 6.58. The van der Waals surface area contributed by atoms with Crippen LogP contribution in [-0.4, -0.2) is 64.0 Å². The monoisotopic (exact) mass is 484 g/mol. The Morgan fingerprint density at radius 1 is 0.600 bits per heavy atom. The van der Waals surface area contributed by atoms with E-state index in [9.17, 15) is 28.8 Å². The van der Waals surface area contributed by atoms with Crippen LogP contribution in [0, 0.1) is 0 Å². The maximum Gasteiger partial charge on any atom is 0.430 e. The molecule has 35 heavy (non-hydrogen) atoms. The molecule has 13 nitrogen and oxygen atoms in total. The van der Waals surface area contributed by atoms with Crippen LogP contribution in [-0.2, 0) is 14.3 Å². The summed E-state index contributed by atoms with van der Waals surface area (Å²) in [7, 11) is 5.02. The molecule has 0 spiro atoms. The van der Waals surface area contributed by atoms with Crippen LogP contribution < -0.4 is 28.7 Å². The molecule has 0 atom stereocenters. The first-order chi connectivity index (χ1) is 16.7. The Hall–Kier alpha value is -4.94. The second-order valence-corrected chi connectivity index (χ2v) is 6.97. The van der Waals surface area contributed by atoms with Crippen molar-refractivity contribution in [1.82, 2.24) is 0 Å². The van der Waals surface area contributed by atoms with Gasteiger partial charge in [0.05, 0.1) is 39.6 Å². The summed E-state index contributed by atoms with van der Waals surface area (Å²) >= 11 is 0. The molecule has 0 fully saturated rings. The normalized spacial score (nSPS) is 14.1. The highest BCUT2D eigenvalue weighted by atomic mass is 16.6. The molecule has 4 amide bonds. The third-order valence-corrected chi connectivity index (χ3v) is 5.31. The van der Waals surface area contributed by atoms with Gasteiger partial charge < -0.3 is 23.7 Å². The number of imide groups is 2. The van der Waals surface area contributed by atoms with Gasteiger partial charge in [0.15, 0.2) is 23.0 Å². The molecule has 0 saturated heterocycles. The zero-order valence-corrected chi connectivity index (χ0v) is 18.7. The summed E-state index contributed by atoms with van der Waals surface area (Å²) < 4.78 is 25.4. The maximum absolute atomic E-state index is 12.9. The third kappa shape index (κ3) is 3.24. The van der Waals surface area contributed by atoms with Crippen LogP contribution in [0.4, 0.5) is 21.0 Å². The zero-order chi connectivity index (χ0) is 25.6. The van der Waals surface area contributed by atoms with Gasteiger partial charge in [-0.2, -0.15) is 0 Å². The number of methoxy groups -OCH3 is 4. The minimum Gasteiger partial charge on any atom is -0.493 e. The third-order valence-electron chi connectivity index (χ3n) is 5.31. The van der Waals surface area contributed by atoms with Crippen LogP contribution >= 0.6 is 0 Å². The number of carbonyl (C=O) groups is 6. The zero-order valence-electron chi connectivity index (χ0n) is 18.7. The Morgan fingerprint density at radius 3 is 1.29 bits per heavy atom. The molecule has 2 aromatic rings. The van der Waals surface area contributed by atoms with E-state index in [1.54, 1.807) is 0 Å². The molecule has 2 aromatic carbocycles. The van der Waals surface area contributed by atoms with E-state index in [0.717, 1.165) is 0 Å². The molecule has 0 N–H and O–H groups in total. The van der Waals surface area contributed by atoms with Crippen molar-refractivity contribution in [2.24, 2.45) is 0 Å². The Balaban J connectivity index is 1.73. The predicted molar refractivity (Wildman–Crippen MR) is 115 cm³/mol. The average Bonchev–Trinajstić information content (AvgIpc) is 3.27. The van der Waals surface area contributed by atoms with Crippen molar-refractivity contribution in [3.63, 3.8) is 0 Å². The second kappa shape index (κ2) is 8.44. The smallest absolute Gasteiger partial charge is 0.430 e. The molecule has 0 aromatic heterocycles. The van der Waals surface area contributed by atoms with Gasteiger partial charge in [-0.3, -0.25) is 19.2 Å². The van der Waals surface area contributed by atoms with E-state index in [1.165, 1.54) is 52.7 Å². The summed E-state index contributed by atoms with van der Waals surface area (Å²) in [6.07, 6.45) is -3.23. The number of amides is 4. The van der Waals surface area contributed by atoms with E-state index in [-0.39, 0.29) is 55.3 Å². The van der Waals surface area contributed by atoms with Gasteiger partial charge in [0, 0.05) is 0 Å². The Labute approximate surface area is 196 Å². The van der Waals surface area contributed by atoms with E-state index in [2.05, 4.69) is 0 Å². The SMILES string of the molecule is COc1ccc2c(c1OC)N(C(=O)OC(=O)N1C(=O)C(=O)c3ccc(OC)c(OC)c31)C(=O)C2=O. The van der Waals surface area contributed by atoms with Gasteiger partial charge in [0.1, 0.15) is 11.4 Å². The quantitative estimate of drug-likeness (QED) is 0.460. The first-order valence-corrected chi connectivity index (χ1v) is 9.75. The van der Waals surface area contributed by atoms with Crippen molar-refractivity contribution in [1.29, 1.82) is 0 Å². The van der Waals surface area contributed by atoms with E-state index in [4.69, 9.17) is 23.7 Å². The average molecular weight is 484 g/mol. The standard InChI is InChI=1S/C22H16N2O11/c1-31-11-7-5-9-13(17(11)33-3)23(19(27)15(9)25)21(29)35-22(30)24-14-10(16(26)20(24)28)6-8-12(32-2)18(14)34-4/h5-8H,1-4H3. The number of rotatable bonds is 4. The highest BCUT2D eigenvalue weighted by Crippen LogP contribution is 2.46. The van der Waals surface area contributed by atoms with Gasteiger partial charge in [0.2, 0.25) is 0 Å². The molecule has 2 heterocycles. The van der Waals surface area contributed by atoms with Crippen molar-refractivity contribution in [2.45, 2.75) is 0 Å². The minimum atomic E-state index is -1.62. The van der Waals surface area contributed by atoms with Crippen LogP contribution in [0.25, 0.3) is 0 Å². The van der Waals surface area contributed by atoms with Gasteiger partial charge in [-0.1, -0.05) is 0 Å². The lowest BCUT2D eigenvalue weighted by atomic mass is 10.1. The largest absolute Gasteiger partial charge is 0.493 e. The summed E-state index contributed by atoms with van der Waals surface area (Å²) in [6.45, 7) is 0. The van der Waals surface area contributed by atoms with E-state index in [1.807, 2.05) is 0 Å². The molecule has 0 unspecified atom stereocenters. The van der Waals surface area contributed by atoms with E-state index < -0.39 is 35.6 Å². The molecule has 13 heteroatoms. The molecule has 2 aliphatic rings. The maximum atomic E-state index is 12.9. The second-order valence-electron chi connectivity index (χ2n) is 6.97. The van der Waals surface area contributed by atoms with Crippen molar-refractivity contribution in [2.75, 3.05) is 38.2 Å². The molecule has 0 radical (unpaired) electrons. The van der Waals surface area contributed by atoms with Crippen molar-refractivity contribution < 1.29 is 52.5 Å². The van der Waals surface area contributed by atoms with Gasteiger partial charge >= 0.3 is 24.0 Å². The summed E-state index contributed by atoms with van der Waals surface area (Å²) in [6, 6.07) is 5.19. The van der Waals surface area contributed by atoms with E-state index >= 15 is 0 Å². The Morgan fingerprint density at radius 2 is 0.971 bits per heavy atom. The van der Waals surface area contributed by atoms with Crippen LogP contribution in [0.3, 0.4) is 0 Å². The fourth-order valence-corrected chi connectivity index (χ4v) is 3.78. The topological polar surface area (TPSA) is 155 Å². The molecule has 0 aliphatic carbocycles. The lowest BCUT2D eigenvalue weighted by molar-refractivity contribution is -0.114. The molecule has 2 aliphatic heterocycles. The molecule has 4 rings (SSSR count). The predicted octanol–water partition coefficient (Wildman–Crippen LogP) is 1.74. The number of ketones is 2. The van der Waals surface area contributed by atoms with Crippen LogP contribution in [0.1, 0.15) is 20.7 Å². The first kappa shape index (κ1) is 23.2. The summed E-state index contributed by atoms with van der Waals surface area (Å²) in [5.41, 5.74) is -0.992. The molecule has 0 bridgehead atoms. The van der Waals surface area contributed by atoms with Crippen LogP contribution in [0.2, 0.25) is 0 Å². The minimum absolute atomic E-state index is 0.0870. The molecule has 180 valence electrons. The fraction of sp³-hybridized carbons (Fsp3) is 0.182. The number of fused-ring (bicyclic) bond motifs is 2. The summed E-state index contributed by atoms with van der Waals surface area (Å²) in [5.74, 6) is -4.88. The van der Waals surface area contributed by atoms with Gasteiger partial charge in [-0.05, 0) is 24.3 Å². The lowest BCUT2D eigenvalue weighted by Crippen LogP contribution is -2.43. The summed E-state index contributed by atoms with van der Waals surface area (Å²) in [5, 5.41) is 0. The number of Topliss-reactive ketones (excluding diaryl/α,β-unsaturated/α-hetero) is 2. The lowest BCUT2D eigenvalue weighted by Gasteiger charge is -2.20. The molecule has 0 saturated carbocycles. The first-order valence-electron chi connectivity index (χ1n) is 9.75. The fourth-order valence-electron chi connectivity index (χ4n) is 3.78. The number of benzene rings is 2. The summed E-state index contributed by atoms with van der Waals surface area (Å²) in [4.78, 5) is 76.4. The number of hydrogen-bond acceptors (Lipinski definition) is 11. The number of anilines is 2. The van der Waals surface area contributed by atoms with Crippen molar-refractivity contribution in [3.8, 4) is 23.0 Å². The van der Waals surface area contributed by atoms with Crippen molar-refractivity contribution in [3.05, 3.63) is 35.4 Å². The highest BCUT2D eigenvalue weighted by Gasteiger charge is 2.48. The number of carbonyl (C=O) groups excluding carboxylic acids is 6. The van der Waals surface area contributed by atoms with Gasteiger partial charge in [-0.15, -0.1) is 0 Å². The van der Waals surface area contributed by atoms with Gasteiger partial charge in [0.25, 0.3) is 11.6 Å². The van der Waals surface area contributed by atoms with E-state index in [0.29, 0.717) is 0 Å². The Bertz CT molecular complexity index is 1250. The number of ether oxygens (including phenoxy) is 5. The van der Waals surface area contributed by atoms with Gasteiger partial charge in [-0.25, -0.2) is 19.4 Å². The number of hydrogen-bond donors (Lipinski definition) is 0. The van der Waals surface area contributed by atoms with Crippen molar-refractivity contribution >= 4 is 46.9 Å².